The van der Waals surface area contributed by atoms with Crippen molar-refractivity contribution in [1.82, 2.24) is 15.3 Å². The lowest BCUT2D eigenvalue weighted by molar-refractivity contribution is 0.148. The molecule has 0 saturated heterocycles. The van der Waals surface area contributed by atoms with E-state index in [-0.39, 0.29) is 6.10 Å². The zero-order valence-corrected chi connectivity index (χ0v) is 11.4. The monoisotopic (exact) mass is 275 g/mol. The minimum absolute atomic E-state index is 0.200. The number of pyridine rings is 1. The second-order valence-corrected chi connectivity index (χ2v) is 5.75. The van der Waals surface area contributed by atoms with Crippen molar-refractivity contribution in [2.45, 2.75) is 25.5 Å². The highest BCUT2D eigenvalue weighted by atomic mass is 32.1. The van der Waals surface area contributed by atoms with Crippen LogP contribution in [0.3, 0.4) is 0 Å². The van der Waals surface area contributed by atoms with Crippen molar-refractivity contribution >= 4 is 11.3 Å². The quantitative estimate of drug-likeness (QED) is 0.847. The number of nitrogens with zero attached hydrogens (tertiary/aromatic N) is 2. The van der Waals surface area contributed by atoms with E-state index < -0.39 is 0 Å². The van der Waals surface area contributed by atoms with Gasteiger partial charge in [0.1, 0.15) is 5.01 Å². The lowest BCUT2D eigenvalue weighted by Gasteiger charge is -2.09. The van der Waals surface area contributed by atoms with Crippen LogP contribution in [0.25, 0.3) is 10.7 Å². The molecule has 2 N–H and O–H groups in total. The van der Waals surface area contributed by atoms with Crippen LogP contribution in [-0.2, 0) is 6.54 Å². The maximum absolute atomic E-state index is 9.76. The predicted octanol–water partition coefficient (Wildman–Crippen LogP) is 2.07. The summed E-state index contributed by atoms with van der Waals surface area (Å²) in [5.41, 5.74) is 1.92. The third-order valence-electron chi connectivity index (χ3n) is 3.26. The fourth-order valence-electron chi connectivity index (χ4n) is 1.99. The summed E-state index contributed by atoms with van der Waals surface area (Å²) in [5.74, 6) is 0.520. The topological polar surface area (TPSA) is 58.0 Å². The number of rotatable bonds is 6. The number of hydrogen-bond acceptors (Lipinski definition) is 5. The van der Waals surface area contributed by atoms with Crippen molar-refractivity contribution in [3.8, 4) is 10.7 Å². The largest absolute Gasteiger partial charge is 0.392 e. The van der Waals surface area contributed by atoms with E-state index in [2.05, 4.69) is 15.3 Å². The summed E-state index contributed by atoms with van der Waals surface area (Å²) < 4.78 is 0. The Bertz CT molecular complexity index is 524. The Morgan fingerprint density at radius 3 is 3.05 bits per heavy atom. The van der Waals surface area contributed by atoms with Crippen LogP contribution in [0, 0.1) is 5.92 Å². The van der Waals surface area contributed by atoms with Gasteiger partial charge in [0.2, 0.25) is 0 Å². The second kappa shape index (κ2) is 5.77. The van der Waals surface area contributed by atoms with Crippen molar-refractivity contribution in [3.05, 3.63) is 35.5 Å². The number of aromatic nitrogens is 2. The summed E-state index contributed by atoms with van der Waals surface area (Å²) in [6.45, 7) is 1.36. The van der Waals surface area contributed by atoms with Crippen LogP contribution in [0.15, 0.2) is 29.8 Å². The molecule has 5 heteroatoms. The van der Waals surface area contributed by atoms with E-state index in [1.54, 1.807) is 17.5 Å². The number of aliphatic hydroxyl groups is 1. The summed E-state index contributed by atoms with van der Waals surface area (Å²) in [4.78, 5) is 8.84. The van der Waals surface area contributed by atoms with Crippen molar-refractivity contribution < 1.29 is 5.11 Å². The Hall–Kier alpha value is -1.30. The average Bonchev–Trinajstić information content (AvgIpc) is 3.20. The molecule has 4 nitrogen and oxygen atoms in total. The molecule has 19 heavy (non-hydrogen) atoms. The van der Waals surface area contributed by atoms with Crippen LogP contribution in [0.2, 0.25) is 0 Å². The molecule has 2 aromatic heterocycles. The minimum atomic E-state index is -0.200. The zero-order chi connectivity index (χ0) is 13.1. The van der Waals surface area contributed by atoms with Crippen LogP contribution < -0.4 is 5.32 Å². The molecule has 1 atom stereocenters. The molecule has 0 amide bonds. The Kier molecular flexibility index (Phi) is 3.87. The van der Waals surface area contributed by atoms with E-state index in [1.807, 2.05) is 23.6 Å². The summed E-state index contributed by atoms with van der Waals surface area (Å²) in [6, 6.07) is 5.83. The van der Waals surface area contributed by atoms with E-state index in [0.29, 0.717) is 19.0 Å². The van der Waals surface area contributed by atoms with Gasteiger partial charge in [0.05, 0.1) is 17.5 Å². The van der Waals surface area contributed by atoms with Gasteiger partial charge in [0.25, 0.3) is 0 Å². The molecule has 1 aliphatic carbocycles. The SMILES string of the molecule is OC(CNCc1csc(-c2ccccn2)n1)C1CC1. The van der Waals surface area contributed by atoms with E-state index >= 15 is 0 Å². The van der Waals surface area contributed by atoms with Crippen molar-refractivity contribution in [2.24, 2.45) is 5.92 Å². The van der Waals surface area contributed by atoms with Crippen LogP contribution in [-0.4, -0.2) is 27.7 Å². The van der Waals surface area contributed by atoms with Gasteiger partial charge in [0.15, 0.2) is 0 Å². The first-order valence-electron chi connectivity index (χ1n) is 6.57. The van der Waals surface area contributed by atoms with E-state index in [0.717, 1.165) is 16.4 Å². The van der Waals surface area contributed by atoms with Gasteiger partial charge in [-0.15, -0.1) is 11.3 Å². The molecule has 1 aliphatic rings. The van der Waals surface area contributed by atoms with Crippen molar-refractivity contribution in [1.29, 1.82) is 0 Å². The van der Waals surface area contributed by atoms with Gasteiger partial charge in [-0.1, -0.05) is 6.07 Å². The first-order chi connectivity index (χ1) is 9.33. The molecule has 0 spiro atoms. The highest BCUT2D eigenvalue weighted by Gasteiger charge is 2.29. The average molecular weight is 275 g/mol. The first-order valence-corrected chi connectivity index (χ1v) is 7.45. The van der Waals surface area contributed by atoms with E-state index in [4.69, 9.17) is 0 Å². The molecule has 3 rings (SSSR count). The van der Waals surface area contributed by atoms with Crippen LogP contribution >= 0.6 is 11.3 Å². The highest BCUT2D eigenvalue weighted by molar-refractivity contribution is 7.13. The first kappa shape index (κ1) is 12.7. The lowest BCUT2D eigenvalue weighted by Crippen LogP contribution is -2.27. The molecule has 1 saturated carbocycles. The molecule has 100 valence electrons. The molecule has 1 fully saturated rings. The molecule has 0 bridgehead atoms. The fourth-order valence-corrected chi connectivity index (χ4v) is 2.79. The normalized spacial score (nSPS) is 16.5. The summed E-state index contributed by atoms with van der Waals surface area (Å²) in [5, 5.41) is 16.0. The van der Waals surface area contributed by atoms with Crippen molar-refractivity contribution in [2.75, 3.05) is 6.54 Å². The van der Waals surface area contributed by atoms with Crippen LogP contribution in [0.1, 0.15) is 18.5 Å². The number of hydrogen-bond donors (Lipinski definition) is 2. The summed E-state index contributed by atoms with van der Waals surface area (Å²) in [6.07, 6.45) is 3.92. The Labute approximate surface area is 116 Å². The minimum Gasteiger partial charge on any atom is -0.392 e. The van der Waals surface area contributed by atoms with Crippen LogP contribution in [0.5, 0.6) is 0 Å². The highest BCUT2D eigenvalue weighted by Crippen LogP contribution is 2.32. The summed E-state index contributed by atoms with van der Waals surface area (Å²) in [7, 11) is 0. The van der Waals surface area contributed by atoms with Gasteiger partial charge in [-0.25, -0.2) is 4.98 Å². The molecule has 0 aromatic carbocycles. The van der Waals surface area contributed by atoms with E-state index in [9.17, 15) is 5.11 Å². The van der Waals surface area contributed by atoms with Gasteiger partial charge < -0.3 is 10.4 Å². The maximum Gasteiger partial charge on any atom is 0.142 e. The smallest absolute Gasteiger partial charge is 0.142 e. The molecular weight excluding hydrogens is 258 g/mol. The van der Waals surface area contributed by atoms with Gasteiger partial charge in [-0.2, -0.15) is 0 Å². The third-order valence-corrected chi connectivity index (χ3v) is 4.18. The molecule has 0 radical (unpaired) electrons. The standard InChI is InChI=1S/C14H17N3OS/c18-13(10-4-5-10)8-15-7-11-9-19-14(17-11)12-3-1-2-6-16-12/h1-3,6,9-10,13,15,18H,4-5,7-8H2. The molecule has 1 unspecified atom stereocenters. The molecular formula is C14H17N3OS. The van der Waals surface area contributed by atoms with Gasteiger partial charge >= 0.3 is 0 Å². The Balaban J connectivity index is 1.53. The molecule has 2 aromatic rings. The molecule has 2 heterocycles. The predicted molar refractivity (Wildman–Crippen MR) is 75.8 cm³/mol. The number of thiazole rings is 1. The summed E-state index contributed by atoms with van der Waals surface area (Å²) >= 11 is 1.60. The number of nitrogens with one attached hydrogen (secondary N) is 1. The lowest BCUT2D eigenvalue weighted by atomic mass is 10.2. The van der Waals surface area contributed by atoms with E-state index in [1.165, 1.54) is 12.8 Å². The Morgan fingerprint density at radius 1 is 1.42 bits per heavy atom. The molecule has 0 aliphatic heterocycles. The fraction of sp³-hybridized carbons (Fsp3) is 0.429. The van der Waals surface area contributed by atoms with Crippen molar-refractivity contribution in [3.63, 3.8) is 0 Å². The van der Waals surface area contributed by atoms with Crippen LogP contribution in [0.4, 0.5) is 0 Å². The van der Waals surface area contributed by atoms with Gasteiger partial charge in [0, 0.05) is 24.7 Å². The van der Waals surface area contributed by atoms with Gasteiger partial charge in [-0.05, 0) is 30.9 Å². The third kappa shape index (κ3) is 3.37. The zero-order valence-electron chi connectivity index (χ0n) is 10.6. The maximum atomic E-state index is 9.76. The van der Waals surface area contributed by atoms with Gasteiger partial charge in [-0.3, -0.25) is 4.98 Å². The Morgan fingerprint density at radius 2 is 2.32 bits per heavy atom. The second-order valence-electron chi connectivity index (χ2n) is 4.89. The number of aliphatic hydroxyl groups excluding tert-OH is 1.